The number of hydrogen-bond acceptors (Lipinski definition) is 5. The van der Waals surface area contributed by atoms with E-state index in [4.69, 9.17) is 29.3 Å². The summed E-state index contributed by atoms with van der Waals surface area (Å²) in [6.45, 7) is 1.86. The molecule has 0 saturated heterocycles. The Kier molecular flexibility index (Phi) is 4.60. The van der Waals surface area contributed by atoms with Crippen LogP contribution < -0.4 is 5.73 Å². The third kappa shape index (κ3) is 3.49. The molecule has 0 bridgehead atoms. The Hall–Kier alpha value is -2.64. The van der Waals surface area contributed by atoms with Crippen molar-refractivity contribution in [2.45, 2.75) is 18.5 Å². The van der Waals surface area contributed by atoms with Crippen LogP contribution in [0.3, 0.4) is 0 Å². The van der Waals surface area contributed by atoms with E-state index in [1.165, 1.54) is 10.7 Å². The topological polar surface area (TPSA) is 80.9 Å². The highest BCUT2D eigenvalue weighted by Gasteiger charge is 2.22. The summed E-state index contributed by atoms with van der Waals surface area (Å²) in [5.41, 5.74) is 8.96. The van der Waals surface area contributed by atoms with Crippen molar-refractivity contribution < 1.29 is 4.39 Å². The van der Waals surface area contributed by atoms with E-state index >= 15 is 0 Å². The summed E-state index contributed by atoms with van der Waals surface area (Å²) in [5, 5.41) is 10.3. The quantitative estimate of drug-likeness (QED) is 0.584. The number of nitrogens with two attached hydrogens (primary N) is 1. The van der Waals surface area contributed by atoms with E-state index in [-0.39, 0.29) is 12.4 Å². The third-order valence-corrected chi connectivity index (χ3v) is 3.84. The zero-order valence-electron chi connectivity index (χ0n) is 14.4. The lowest BCUT2D eigenvalue weighted by molar-refractivity contribution is 0.628. The molecule has 1 aromatic carbocycles. The minimum atomic E-state index is -1.53. The summed E-state index contributed by atoms with van der Waals surface area (Å²) in [4.78, 5) is 4.16. The van der Waals surface area contributed by atoms with Crippen LogP contribution in [0.2, 0.25) is 5.11 Å². The number of halogens is 1. The van der Waals surface area contributed by atoms with Gasteiger partial charge < -0.3 is 5.73 Å². The molecule has 0 unspecified atom stereocenters. The summed E-state index contributed by atoms with van der Waals surface area (Å²) >= 11 is 0. The van der Waals surface area contributed by atoms with Crippen LogP contribution in [-0.2, 0) is 6.42 Å². The van der Waals surface area contributed by atoms with Crippen molar-refractivity contribution in [2.24, 2.45) is 10.2 Å². The first-order chi connectivity index (χ1) is 12.2. The van der Waals surface area contributed by atoms with Crippen molar-refractivity contribution in [3.63, 3.8) is 0 Å². The second-order valence-electron chi connectivity index (χ2n) is 6.15. The molecule has 0 spiro atoms. The Morgan fingerprint density at radius 1 is 1.31 bits per heavy atom. The number of azo groups is 1. The highest BCUT2D eigenvalue weighted by atomic mass is 19.1. The number of rotatable bonds is 4. The van der Waals surface area contributed by atoms with Crippen LogP contribution in [0.1, 0.15) is 11.3 Å². The molecule has 0 fully saturated rings. The molecule has 0 atom stereocenters. The highest BCUT2D eigenvalue weighted by molar-refractivity contribution is 6.59. The Labute approximate surface area is 154 Å². The maximum absolute atomic E-state index is 14.8. The van der Waals surface area contributed by atoms with Gasteiger partial charge in [-0.2, -0.15) is 10.2 Å². The second kappa shape index (κ2) is 6.59. The minimum Gasteiger partial charge on any atom is -0.367 e. The fraction of sp³-hybridized carbons (Fsp3) is 0.250. The van der Waals surface area contributed by atoms with Crippen molar-refractivity contribution in [1.29, 1.82) is 0 Å². The predicted octanol–water partition coefficient (Wildman–Crippen LogP) is 2.26. The highest BCUT2D eigenvalue weighted by Crippen LogP contribution is 2.35. The number of fused-ring (bicyclic) bond motifs is 1. The van der Waals surface area contributed by atoms with Crippen molar-refractivity contribution in [3.05, 3.63) is 41.5 Å². The number of nitrogen functional groups attached to an aromatic ring is 1. The molecule has 0 saturated carbocycles. The summed E-state index contributed by atoms with van der Waals surface area (Å²) in [6, 6.07) is 5.32. The van der Waals surface area contributed by atoms with Crippen LogP contribution >= 0.6 is 0 Å². The maximum atomic E-state index is 14.8. The van der Waals surface area contributed by atoms with Gasteiger partial charge in [0.05, 0.1) is 46.6 Å². The zero-order chi connectivity index (χ0) is 19.1. The van der Waals surface area contributed by atoms with Gasteiger partial charge in [0.2, 0.25) is 5.95 Å². The average molecular weight is 342 g/mol. The number of anilines is 1. The standard InChI is InChI=1S/C16H14B3FN6/c1-8-5-9(3-4-11(8)24-22-2)13-10(20)7-26-14(13)12(6-16(17,18)19)23-15(21)25-26/h3-5,7H,6H2,1-2H3,(H2,21,25). The molecule has 26 heavy (non-hydrogen) atoms. The molecule has 2 aromatic heterocycles. The molecule has 0 aliphatic heterocycles. The van der Waals surface area contributed by atoms with E-state index in [0.29, 0.717) is 28.0 Å². The summed E-state index contributed by atoms with van der Waals surface area (Å²) in [5.74, 6) is -0.514. The average Bonchev–Trinajstić information content (AvgIpc) is 2.84. The molecule has 2 heterocycles. The van der Waals surface area contributed by atoms with Crippen LogP contribution in [0.4, 0.5) is 16.0 Å². The van der Waals surface area contributed by atoms with E-state index in [9.17, 15) is 4.39 Å². The number of aromatic nitrogens is 3. The number of aryl methyl sites for hydroxylation is 1. The van der Waals surface area contributed by atoms with Crippen LogP contribution in [0, 0.1) is 12.7 Å². The fourth-order valence-corrected chi connectivity index (χ4v) is 2.86. The van der Waals surface area contributed by atoms with Gasteiger partial charge in [0.15, 0.2) is 5.82 Å². The van der Waals surface area contributed by atoms with Crippen molar-refractivity contribution >= 4 is 40.7 Å². The number of nitrogens with zero attached hydrogens (tertiary/aromatic N) is 5. The zero-order valence-corrected chi connectivity index (χ0v) is 14.4. The van der Waals surface area contributed by atoms with Crippen LogP contribution in [-0.4, -0.2) is 45.2 Å². The van der Waals surface area contributed by atoms with Gasteiger partial charge in [0.25, 0.3) is 0 Å². The van der Waals surface area contributed by atoms with E-state index in [0.717, 1.165) is 5.56 Å². The van der Waals surface area contributed by atoms with E-state index in [1.54, 1.807) is 19.2 Å². The molecule has 2 N–H and O–H groups in total. The second-order valence-corrected chi connectivity index (χ2v) is 6.15. The number of benzene rings is 1. The first kappa shape index (κ1) is 18.2. The van der Waals surface area contributed by atoms with Crippen molar-refractivity contribution in [2.75, 3.05) is 12.8 Å². The predicted molar refractivity (Wildman–Crippen MR) is 102 cm³/mol. The largest absolute Gasteiger partial charge is 0.367 e. The summed E-state index contributed by atoms with van der Waals surface area (Å²) in [6.07, 6.45) is 1.22. The van der Waals surface area contributed by atoms with E-state index < -0.39 is 10.9 Å². The van der Waals surface area contributed by atoms with Gasteiger partial charge in [-0.15, -0.1) is 10.2 Å². The maximum Gasteiger partial charge on any atom is 0.238 e. The monoisotopic (exact) mass is 342 g/mol. The lowest BCUT2D eigenvalue weighted by atomic mass is 9.41. The van der Waals surface area contributed by atoms with Gasteiger partial charge in [0, 0.05) is 12.6 Å². The van der Waals surface area contributed by atoms with Gasteiger partial charge >= 0.3 is 0 Å². The van der Waals surface area contributed by atoms with Crippen molar-refractivity contribution in [1.82, 2.24) is 14.6 Å². The first-order valence-electron chi connectivity index (χ1n) is 7.80. The van der Waals surface area contributed by atoms with E-state index in [2.05, 4.69) is 20.3 Å². The Morgan fingerprint density at radius 2 is 2.04 bits per heavy atom. The Balaban J connectivity index is 2.26. The van der Waals surface area contributed by atoms with Gasteiger partial charge in [0.1, 0.15) is 0 Å². The molecule has 3 rings (SSSR count). The van der Waals surface area contributed by atoms with Crippen LogP contribution in [0.15, 0.2) is 34.6 Å². The molecule has 124 valence electrons. The normalized spacial score (nSPS) is 12.3. The van der Waals surface area contributed by atoms with Gasteiger partial charge in [-0.3, -0.25) is 0 Å². The molecule has 0 aliphatic rings. The van der Waals surface area contributed by atoms with Crippen LogP contribution in [0.5, 0.6) is 0 Å². The smallest absolute Gasteiger partial charge is 0.238 e. The minimum absolute atomic E-state index is 0.0131. The van der Waals surface area contributed by atoms with Crippen LogP contribution in [0.25, 0.3) is 16.6 Å². The molecular formula is C16H14B3FN6. The molecule has 0 amide bonds. The number of hydrogen-bond donors (Lipinski definition) is 1. The lowest BCUT2D eigenvalue weighted by Crippen LogP contribution is -2.18. The Bertz CT molecular complexity index is 1010. The molecular weight excluding hydrogens is 328 g/mol. The lowest BCUT2D eigenvalue weighted by Gasteiger charge is -2.19. The summed E-state index contributed by atoms with van der Waals surface area (Å²) < 4.78 is 16.1. The molecule has 0 aliphatic carbocycles. The third-order valence-electron chi connectivity index (χ3n) is 3.84. The van der Waals surface area contributed by atoms with Gasteiger partial charge in [-0.25, -0.2) is 13.9 Å². The van der Waals surface area contributed by atoms with Crippen molar-refractivity contribution in [3.8, 4) is 11.1 Å². The van der Waals surface area contributed by atoms with E-state index in [1.807, 2.05) is 13.0 Å². The fourth-order valence-electron chi connectivity index (χ4n) is 2.86. The Morgan fingerprint density at radius 3 is 2.65 bits per heavy atom. The molecule has 3 aromatic rings. The van der Waals surface area contributed by atoms with Gasteiger partial charge in [-0.05, 0) is 36.6 Å². The molecule has 6 nitrogen and oxygen atoms in total. The SMILES string of the molecule is [B]C([B])([B])Cc1nc(N)nn2cc(F)c(-c3ccc(N=NC)c(C)c3)c12. The molecule has 6 radical (unpaired) electrons. The van der Waals surface area contributed by atoms with Gasteiger partial charge in [-0.1, -0.05) is 6.07 Å². The first-order valence-corrected chi connectivity index (χ1v) is 7.80. The summed E-state index contributed by atoms with van der Waals surface area (Å²) in [7, 11) is 18.7. The molecule has 10 heteroatoms.